The summed E-state index contributed by atoms with van der Waals surface area (Å²) in [6, 6.07) is 1.88. The summed E-state index contributed by atoms with van der Waals surface area (Å²) in [4.78, 5) is 20.3. The highest BCUT2D eigenvalue weighted by Crippen LogP contribution is 2.23. The average molecular weight is 219 g/mol. The van der Waals surface area contributed by atoms with E-state index in [0.717, 1.165) is 0 Å². The molecule has 0 bridgehead atoms. The van der Waals surface area contributed by atoms with Crippen molar-refractivity contribution < 1.29 is 9.90 Å². The Morgan fingerprint density at radius 3 is 3.00 bits per heavy atom. The largest absolute Gasteiger partial charge is 0.391 e. The van der Waals surface area contributed by atoms with E-state index in [1.54, 1.807) is 0 Å². The third-order valence-corrected chi connectivity index (χ3v) is 2.27. The first-order chi connectivity index (χ1) is 7.61. The number of nitrogens with zero attached hydrogens (tertiary/aromatic N) is 4. The van der Waals surface area contributed by atoms with Crippen LogP contribution in [0.1, 0.15) is 12.0 Å². The van der Waals surface area contributed by atoms with Crippen LogP contribution in [0.4, 0.5) is 11.8 Å². The number of hydrogen-bond acceptors (Lipinski definition) is 6. The first-order valence-electron chi connectivity index (χ1n) is 4.63. The van der Waals surface area contributed by atoms with E-state index < -0.39 is 6.10 Å². The number of anilines is 2. The van der Waals surface area contributed by atoms with Gasteiger partial charge in [-0.05, 0) is 0 Å². The van der Waals surface area contributed by atoms with Crippen LogP contribution in [0.3, 0.4) is 0 Å². The van der Waals surface area contributed by atoms with Crippen molar-refractivity contribution in [3.63, 3.8) is 0 Å². The summed E-state index contributed by atoms with van der Waals surface area (Å²) in [5.74, 6) is -0.123. The van der Waals surface area contributed by atoms with Gasteiger partial charge in [0.15, 0.2) is 5.82 Å². The van der Waals surface area contributed by atoms with Gasteiger partial charge in [-0.1, -0.05) is 0 Å². The van der Waals surface area contributed by atoms with Crippen LogP contribution in [0.5, 0.6) is 0 Å². The van der Waals surface area contributed by atoms with Crippen LogP contribution in [-0.4, -0.2) is 33.6 Å². The Kier molecular flexibility index (Phi) is 2.42. The normalized spacial score (nSPS) is 19.9. The standard InChI is InChI=1S/C9H9N5O2/c10-2-5-3-12-9(11)13-8(5)14-4-6(15)1-7(14)16/h3,6,15H,1,4H2,(H2,11,12,13). The van der Waals surface area contributed by atoms with Crippen LogP contribution in [-0.2, 0) is 4.79 Å². The van der Waals surface area contributed by atoms with E-state index in [1.807, 2.05) is 6.07 Å². The van der Waals surface area contributed by atoms with Gasteiger partial charge >= 0.3 is 0 Å². The number of hydrogen-bond donors (Lipinski definition) is 2. The zero-order valence-electron chi connectivity index (χ0n) is 8.29. The molecule has 1 atom stereocenters. The fourth-order valence-electron chi connectivity index (χ4n) is 1.56. The number of aliphatic hydroxyl groups excluding tert-OH is 1. The fraction of sp³-hybridized carbons (Fsp3) is 0.333. The molecule has 16 heavy (non-hydrogen) atoms. The van der Waals surface area contributed by atoms with Crippen LogP contribution >= 0.6 is 0 Å². The molecule has 7 heteroatoms. The third kappa shape index (κ3) is 1.66. The molecule has 1 unspecified atom stereocenters. The number of nitriles is 1. The molecule has 0 aromatic carbocycles. The molecule has 3 N–H and O–H groups in total. The van der Waals surface area contributed by atoms with Crippen molar-refractivity contribution in [3.05, 3.63) is 11.8 Å². The molecule has 0 aliphatic carbocycles. The smallest absolute Gasteiger partial charge is 0.230 e. The Labute approximate surface area is 91.1 Å². The molecule has 2 heterocycles. The molecule has 1 aromatic rings. The zero-order chi connectivity index (χ0) is 11.7. The fourth-order valence-corrected chi connectivity index (χ4v) is 1.56. The number of rotatable bonds is 1. The summed E-state index contributed by atoms with van der Waals surface area (Å²) in [6.07, 6.45) is 0.569. The number of aromatic nitrogens is 2. The lowest BCUT2D eigenvalue weighted by Crippen LogP contribution is -2.27. The van der Waals surface area contributed by atoms with Gasteiger partial charge in [-0.3, -0.25) is 9.69 Å². The summed E-state index contributed by atoms with van der Waals surface area (Å²) >= 11 is 0. The third-order valence-electron chi connectivity index (χ3n) is 2.27. The predicted octanol–water partition coefficient (Wildman–Crippen LogP) is -0.972. The average Bonchev–Trinajstić information content (AvgIpc) is 2.57. The van der Waals surface area contributed by atoms with E-state index in [-0.39, 0.29) is 36.2 Å². The summed E-state index contributed by atoms with van der Waals surface area (Å²) in [5, 5.41) is 18.2. The van der Waals surface area contributed by atoms with E-state index in [9.17, 15) is 9.90 Å². The minimum Gasteiger partial charge on any atom is -0.391 e. The lowest BCUT2D eigenvalue weighted by atomic mass is 10.3. The highest BCUT2D eigenvalue weighted by Gasteiger charge is 2.31. The van der Waals surface area contributed by atoms with Crippen molar-refractivity contribution in [1.29, 1.82) is 5.26 Å². The van der Waals surface area contributed by atoms with E-state index in [4.69, 9.17) is 11.0 Å². The van der Waals surface area contributed by atoms with Gasteiger partial charge in [-0.25, -0.2) is 4.98 Å². The van der Waals surface area contributed by atoms with Crippen LogP contribution in [0.15, 0.2) is 6.20 Å². The topological polar surface area (TPSA) is 116 Å². The second-order valence-electron chi connectivity index (χ2n) is 3.44. The molecule has 1 aliphatic heterocycles. The summed E-state index contributed by atoms with van der Waals surface area (Å²) in [5.41, 5.74) is 5.56. The summed E-state index contributed by atoms with van der Waals surface area (Å²) < 4.78 is 0. The molecule has 1 aromatic heterocycles. The van der Waals surface area contributed by atoms with Gasteiger partial charge in [-0.2, -0.15) is 10.2 Å². The Bertz CT molecular complexity index is 481. The van der Waals surface area contributed by atoms with Crippen molar-refractivity contribution in [1.82, 2.24) is 9.97 Å². The van der Waals surface area contributed by atoms with Crippen LogP contribution in [0.2, 0.25) is 0 Å². The predicted molar refractivity (Wildman–Crippen MR) is 54.1 cm³/mol. The van der Waals surface area contributed by atoms with Gasteiger partial charge in [0.1, 0.15) is 11.6 Å². The van der Waals surface area contributed by atoms with Crippen molar-refractivity contribution in [2.75, 3.05) is 17.2 Å². The highest BCUT2D eigenvalue weighted by molar-refractivity contribution is 5.96. The maximum absolute atomic E-state index is 11.5. The molecule has 0 saturated carbocycles. The second-order valence-corrected chi connectivity index (χ2v) is 3.44. The number of β-amino-alcohol motifs (C(OH)–C–C–N with tert-alkyl or cyclic N) is 1. The lowest BCUT2D eigenvalue weighted by molar-refractivity contribution is -0.117. The van der Waals surface area contributed by atoms with Crippen molar-refractivity contribution in [3.8, 4) is 6.07 Å². The van der Waals surface area contributed by atoms with Gasteiger partial charge in [0.2, 0.25) is 11.9 Å². The summed E-state index contributed by atoms with van der Waals surface area (Å²) in [6.45, 7) is 0.129. The number of nitrogen functional groups attached to an aromatic ring is 1. The molecule has 1 aliphatic rings. The minimum atomic E-state index is -0.727. The van der Waals surface area contributed by atoms with Crippen LogP contribution in [0, 0.1) is 11.3 Å². The van der Waals surface area contributed by atoms with Crippen molar-refractivity contribution >= 4 is 17.7 Å². The first kappa shape index (κ1) is 10.3. The van der Waals surface area contributed by atoms with Gasteiger partial charge in [0.25, 0.3) is 0 Å². The van der Waals surface area contributed by atoms with Gasteiger partial charge in [0.05, 0.1) is 25.3 Å². The molecular weight excluding hydrogens is 210 g/mol. The zero-order valence-corrected chi connectivity index (χ0v) is 8.29. The monoisotopic (exact) mass is 219 g/mol. The number of nitrogens with two attached hydrogens (primary N) is 1. The highest BCUT2D eigenvalue weighted by atomic mass is 16.3. The second kappa shape index (κ2) is 3.75. The number of amides is 1. The summed E-state index contributed by atoms with van der Waals surface area (Å²) in [7, 11) is 0. The minimum absolute atomic E-state index is 0.0109. The van der Waals surface area contributed by atoms with Crippen molar-refractivity contribution in [2.24, 2.45) is 0 Å². The quantitative estimate of drug-likeness (QED) is 0.627. The van der Waals surface area contributed by atoms with Crippen LogP contribution in [0.25, 0.3) is 0 Å². The van der Waals surface area contributed by atoms with Crippen molar-refractivity contribution in [2.45, 2.75) is 12.5 Å². The maximum Gasteiger partial charge on any atom is 0.230 e. The molecule has 82 valence electrons. The van der Waals surface area contributed by atoms with E-state index in [0.29, 0.717) is 0 Å². The molecule has 0 radical (unpaired) electrons. The Hall–Kier alpha value is -2.20. The van der Waals surface area contributed by atoms with E-state index >= 15 is 0 Å². The first-order valence-corrected chi connectivity index (χ1v) is 4.63. The Morgan fingerprint density at radius 2 is 2.44 bits per heavy atom. The van der Waals surface area contributed by atoms with Crippen LogP contribution < -0.4 is 10.6 Å². The molecule has 1 fully saturated rings. The number of carbonyl (C=O) groups is 1. The van der Waals surface area contributed by atoms with E-state index in [1.165, 1.54) is 11.1 Å². The number of aliphatic hydroxyl groups is 1. The molecule has 1 amide bonds. The SMILES string of the molecule is N#Cc1cnc(N)nc1N1CC(O)CC1=O. The Morgan fingerprint density at radius 1 is 1.69 bits per heavy atom. The van der Waals surface area contributed by atoms with E-state index in [2.05, 4.69) is 9.97 Å². The molecule has 1 saturated heterocycles. The molecule has 7 nitrogen and oxygen atoms in total. The van der Waals surface area contributed by atoms with Gasteiger partial charge in [-0.15, -0.1) is 0 Å². The Balaban J connectivity index is 2.44. The van der Waals surface area contributed by atoms with Gasteiger partial charge in [0, 0.05) is 0 Å². The lowest BCUT2D eigenvalue weighted by Gasteiger charge is -2.15. The molecular formula is C9H9N5O2. The molecule has 2 rings (SSSR count). The molecule has 0 spiro atoms. The van der Waals surface area contributed by atoms with Gasteiger partial charge < -0.3 is 10.8 Å². The number of carbonyl (C=O) groups excluding carboxylic acids is 1. The maximum atomic E-state index is 11.5.